The van der Waals surface area contributed by atoms with Crippen molar-refractivity contribution in [1.29, 1.82) is 0 Å². The minimum atomic E-state index is -1.10. The lowest BCUT2D eigenvalue weighted by molar-refractivity contribution is -0.136. The van der Waals surface area contributed by atoms with Crippen molar-refractivity contribution in [3.05, 3.63) is 34.9 Å². The van der Waals surface area contributed by atoms with Gasteiger partial charge in [-0.3, -0.25) is 14.4 Å². The Morgan fingerprint density at radius 3 is 2.63 bits per heavy atom. The number of rotatable bonds is 8. The van der Waals surface area contributed by atoms with Crippen LogP contribution in [0.4, 0.5) is 0 Å². The Balaban J connectivity index is 1.76. The number of nitrogens with zero attached hydrogens (tertiary/aromatic N) is 1. The van der Waals surface area contributed by atoms with Crippen LogP contribution in [-0.2, 0) is 9.59 Å². The minimum Gasteiger partial charge on any atom is -0.493 e. The summed E-state index contributed by atoms with van der Waals surface area (Å²) in [4.78, 5) is 39.2. The van der Waals surface area contributed by atoms with E-state index in [1.807, 2.05) is 0 Å². The number of benzene rings is 1. The lowest BCUT2D eigenvalue weighted by Crippen LogP contribution is -2.56. The Morgan fingerprint density at radius 1 is 1.26 bits per heavy atom. The van der Waals surface area contributed by atoms with Crippen molar-refractivity contribution >= 4 is 18.1 Å². The van der Waals surface area contributed by atoms with Gasteiger partial charge in [0.1, 0.15) is 18.5 Å². The number of carbonyl (C=O) groups excluding carboxylic acids is 3. The van der Waals surface area contributed by atoms with E-state index in [2.05, 4.69) is 5.32 Å². The third-order valence-corrected chi connectivity index (χ3v) is 7.35. The summed E-state index contributed by atoms with van der Waals surface area (Å²) in [6.45, 7) is 1.81. The molecule has 1 aromatic carbocycles. The monoisotopic (exact) mass is 486 g/mol. The lowest BCUT2D eigenvalue weighted by Gasteiger charge is -2.42. The summed E-state index contributed by atoms with van der Waals surface area (Å²) in [5.74, 6) is -0.208. The number of methoxy groups -OCH3 is 1. The average Bonchev–Trinajstić information content (AvgIpc) is 3.26. The number of ether oxygens (including phenoxy) is 2. The number of carbonyl (C=O) groups is 3. The molecular weight excluding hydrogens is 452 g/mol. The zero-order chi connectivity index (χ0) is 25.1. The molecular formula is C26H34N2O7. The average molecular weight is 487 g/mol. The number of aldehydes is 1. The van der Waals surface area contributed by atoms with Crippen LogP contribution in [0.1, 0.15) is 60.9 Å². The molecule has 3 N–H and O–H groups in total. The van der Waals surface area contributed by atoms with Crippen LogP contribution in [0.5, 0.6) is 11.5 Å². The third-order valence-electron chi connectivity index (χ3n) is 7.35. The van der Waals surface area contributed by atoms with Crippen LogP contribution in [-0.4, -0.2) is 78.3 Å². The fraction of sp³-hybridized carbons (Fsp3) is 0.577. The molecule has 0 radical (unpaired) electrons. The zero-order valence-electron chi connectivity index (χ0n) is 20.2. The van der Waals surface area contributed by atoms with Crippen LogP contribution in [0.2, 0.25) is 0 Å². The van der Waals surface area contributed by atoms with Gasteiger partial charge in [-0.2, -0.15) is 0 Å². The van der Waals surface area contributed by atoms with E-state index in [9.17, 15) is 24.6 Å². The molecule has 1 fully saturated rings. The third kappa shape index (κ3) is 4.92. The maximum absolute atomic E-state index is 13.2. The van der Waals surface area contributed by atoms with Gasteiger partial charge in [0.25, 0.3) is 0 Å². The van der Waals surface area contributed by atoms with Gasteiger partial charge in [0.2, 0.25) is 11.8 Å². The van der Waals surface area contributed by atoms with Gasteiger partial charge in [-0.15, -0.1) is 0 Å². The number of hydrogen-bond acceptors (Lipinski definition) is 7. The fourth-order valence-electron chi connectivity index (χ4n) is 5.67. The zero-order valence-corrected chi connectivity index (χ0v) is 20.2. The van der Waals surface area contributed by atoms with Crippen LogP contribution >= 0.6 is 0 Å². The van der Waals surface area contributed by atoms with E-state index in [-0.39, 0.29) is 19.1 Å². The molecule has 0 unspecified atom stereocenters. The molecule has 4 rings (SSSR count). The van der Waals surface area contributed by atoms with Gasteiger partial charge in [-0.25, -0.2) is 0 Å². The summed E-state index contributed by atoms with van der Waals surface area (Å²) in [7, 11) is 1.46. The quantitative estimate of drug-likeness (QED) is 0.476. The van der Waals surface area contributed by atoms with Gasteiger partial charge >= 0.3 is 0 Å². The van der Waals surface area contributed by atoms with E-state index in [0.29, 0.717) is 46.9 Å². The van der Waals surface area contributed by atoms with Gasteiger partial charge in [0.15, 0.2) is 11.5 Å². The Morgan fingerprint density at radius 2 is 2.00 bits per heavy atom. The normalized spacial score (nSPS) is 25.5. The lowest BCUT2D eigenvalue weighted by atomic mass is 9.77. The van der Waals surface area contributed by atoms with Crippen molar-refractivity contribution in [3.63, 3.8) is 0 Å². The summed E-state index contributed by atoms with van der Waals surface area (Å²) >= 11 is 0. The van der Waals surface area contributed by atoms with Crippen molar-refractivity contribution in [2.45, 2.75) is 63.2 Å². The first-order chi connectivity index (χ1) is 16.9. The molecule has 0 bridgehead atoms. The van der Waals surface area contributed by atoms with Crippen LogP contribution in [0.3, 0.4) is 0 Å². The molecule has 4 atom stereocenters. The highest BCUT2D eigenvalue weighted by Crippen LogP contribution is 2.51. The SMILES string of the molecule is COc1cc(C=O)cc2c1O[C@@H]1[C@@H](O)[C@H](N(CC3CCCCC3)C(C)=O)C=C(C(=O)NCCO)[C@H]21. The number of hydrogen-bond donors (Lipinski definition) is 3. The molecule has 1 heterocycles. The van der Waals surface area contributed by atoms with Crippen LogP contribution in [0, 0.1) is 5.92 Å². The van der Waals surface area contributed by atoms with Crippen LogP contribution in [0.15, 0.2) is 23.8 Å². The first-order valence-corrected chi connectivity index (χ1v) is 12.3. The number of amides is 2. The number of aliphatic hydroxyl groups is 2. The smallest absolute Gasteiger partial charge is 0.247 e. The van der Waals surface area contributed by atoms with E-state index in [4.69, 9.17) is 9.47 Å². The molecule has 190 valence electrons. The Hall–Kier alpha value is -2.91. The second-order valence-corrected chi connectivity index (χ2v) is 9.58. The summed E-state index contributed by atoms with van der Waals surface area (Å²) in [5.41, 5.74) is 1.26. The largest absolute Gasteiger partial charge is 0.493 e. The van der Waals surface area contributed by atoms with Gasteiger partial charge in [0.05, 0.1) is 25.7 Å². The van der Waals surface area contributed by atoms with E-state index in [1.165, 1.54) is 20.5 Å². The molecule has 1 aromatic rings. The number of fused-ring (bicyclic) bond motifs is 3. The summed E-state index contributed by atoms with van der Waals surface area (Å²) < 4.78 is 11.6. The van der Waals surface area contributed by atoms with E-state index < -0.39 is 30.1 Å². The first kappa shape index (κ1) is 25.2. The molecule has 0 spiro atoms. The highest BCUT2D eigenvalue weighted by molar-refractivity contribution is 5.96. The van der Waals surface area contributed by atoms with Crippen LogP contribution in [0.25, 0.3) is 0 Å². The standard InChI is InChI=1S/C26H34N2O7/c1-15(31)28(13-16-6-4-3-5-7-16)20-12-19(26(33)27-8-9-29)22-18-10-17(14-30)11-21(34-2)24(18)35-25(22)23(20)32/h10-12,14,16,20,22-23,25,29,32H,3-9,13H2,1-2H3,(H,27,33)/t20-,22+,23+,25+/m1/s1. The molecule has 1 aliphatic heterocycles. The van der Waals surface area contributed by atoms with Gasteiger partial charge in [-0.05, 0) is 37.0 Å². The second kappa shape index (κ2) is 10.8. The summed E-state index contributed by atoms with van der Waals surface area (Å²) in [6, 6.07) is 2.43. The molecule has 2 amide bonds. The van der Waals surface area contributed by atoms with E-state index in [0.717, 1.165) is 25.7 Å². The van der Waals surface area contributed by atoms with Gasteiger partial charge < -0.3 is 29.9 Å². The molecule has 9 nitrogen and oxygen atoms in total. The number of nitrogens with one attached hydrogen (secondary N) is 1. The topological polar surface area (TPSA) is 125 Å². The van der Waals surface area contributed by atoms with Gasteiger partial charge in [0, 0.05) is 36.7 Å². The molecule has 1 saturated carbocycles. The second-order valence-electron chi connectivity index (χ2n) is 9.58. The summed E-state index contributed by atoms with van der Waals surface area (Å²) in [6.07, 6.45) is 5.89. The van der Waals surface area contributed by atoms with Crippen molar-refractivity contribution in [1.82, 2.24) is 10.2 Å². The van der Waals surface area contributed by atoms with Crippen molar-refractivity contribution < 1.29 is 34.1 Å². The molecule has 3 aliphatic rings. The van der Waals surface area contributed by atoms with E-state index in [1.54, 1.807) is 23.1 Å². The Kier molecular flexibility index (Phi) is 7.76. The summed E-state index contributed by atoms with van der Waals surface area (Å²) in [5, 5.41) is 23.4. The van der Waals surface area contributed by atoms with E-state index >= 15 is 0 Å². The van der Waals surface area contributed by atoms with Crippen LogP contribution < -0.4 is 14.8 Å². The predicted octanol–water partition coefficient (Wildman–Crippen LogP) is 1.56. The molecule has 0 aromatic heterocycles. The maximum atomic E-state index is 13.2. The molecule has 9 heteroatoms. The molecule has 35 heavy (non-hydrogen) atoms. The molecule has 2 aliphatic carbocycles. The van der Waals surface area contributed by atoms with Crippen molar-refractivity contribution in [3.8, 4) is 11.5 Å². The minimum absolute atomic E-state index is 0.0602. The predicted molar refractivity (Wildman–Crippen MR) is 127 cm³/mol. The molecule has 0 saturated heterocycles. The van der Waals surface area contributed by atoms with Gasteiger partial charge in [-0.1, -0.05) is 19.3 Å². The highest BCUT2D eigenvalue weighted by atomic mass is 16.5. The Labute approximate surface area is 205 Å². The maximum Gasteiger partial charge on any atom is 0.247 e. The first-order valence-electron chi connectivity index (χ1n) is 12.3. The highest BCUT2D eigenvalue weighted by Gasteiger charge is 2.51. The number of aliphatic hydroxyl groups excluding tert-OH is 2. The van der Waals surface area contributed by atoms with Crippen molar-refractivity contribution in [2.75, 3.05) is 26.8 Å². The van der Waals surface area contributed by atoms with Crippen molar-refractivity contribution in [2.24, 2.45) is 5.92 Å². The Bertz CT molecular complexity index is 1000. The fourth-order valence-corrected chi connectivity index (χ4v) is 5.67.